The van der Waals surface area contributed by atoms with Gasteiger partial charge in [-0.25, -0.2) is 4.68 Å². The van der Waals surface area contributed by atoms with Gasteiger partial charge in [0.05, 0.1) is 12.2 Å². The van der Waals surface area contributed by atoms with E-state index in [9.17, 15) is 4.79 Å². The zero-order valence-corrected chi connectivity index (χ0v) is 15.4. The highest BCUT2D eigenvalue weighted by Gasteiger charge is 2.34. The molecule has 138 valence electrons. The summed E-state index contributed by atoms with van der Waals surface area (Å²) in [5.74, 6) is 0.00672. The fraction of sp³-hybridized carbons (Fsp3) is 0.550. The van der Waals surface area contributed by atoms with Gasteiger partial charge in [-0.2, -0.15) is 0 Å². The second kappa shape index (κ2) is 7.58. The van der Waals surface area contributed by atoms with Crippen molar-refractivity contribution in [2.24, 2.45) is 0 Å². The number of carbonyl (C=O) groups is 1. The number of aromatic nitrogens is 3. The highest BCUT2D eigenvalue weighted by molar-refractivity contribution is 5.92. The molecule has 6 nitrogen and oxygen atoms in total. The van der Waals surface area contributed by atoms with Crippen LogP contribution in [0.5, 0.6) is 0 Å². The fourth-order valence-electron chi connectivity index (χ4n) is 3.60. The van der Waals surface area contributed by atoms with Crippen LogP contribution in [0.4, 0.5) is 0 Å². The van der Waals surface area contributed by atoms with Crippen molar-refractivity contribution in [3.8, 4) is 0 Å². The third-order valence-electron chi connectivity index (χ3n) is 5.44. The van der Waals surface area contributed by atoms with Gasteiger partial charge in [-0.05, 0) is 56.3 Å². The van der Waals surface area contributed by atoms with Crippen LogP contribution in [0, 0.1) is 0 Å². The first-order valence-electron chi connectivity index (χ1n) is 9.76. The van der Waals surface area contributed by atoms with E-state index in [0.29, 0.717) is 24.3 Å². The molecule has 0 spiro atoms. The lowest BCUT2D eigenvalue weighted by Gasteiger charge is -2.22. The average molecular weight is 353 g/mol. The summed E-state index contributed by atoms with van der Waals surface area (Å²) in [5, 5.41) is 11.8. The van der Waals surface area contributed by atoms with Crippen molar-refractivity contribution >= 4 is 5.91 Å². The Morgan fingerprint density at radius 2 is 1.85 bits per heavy atom. The van der Waals surface area contributed by atoms with Crippen LogP contribution in [0.25, 0.3) is 0 Å². The SMILES string of the molecule is CCc1ccc(CN(C(=O)c2cn(C3CCNCC3)nn2)C2CC2)cc1. The number of amides is 1. The summed E-state index contributed by atoms with van der Waals surface area (Å²) < 4.78 is 1.88. The van der Waals surface area contributed by atoms with E-state index in [1.807, 2.05) is 15.8 Å². The number of hydrogen-bond donors (Lipinski definition) is 1. The van der Waals surface area contributed by atoms with Gasteiger partial charge in [-0.15, -0.1) is 5.10 Å². The van der Waals surface area contributed by atoms with E-state index in [-0.39, 0.29) is 5.91 Å². The highest BCUT2D eigenvalue weighted by atomic mass is 16.2. The van der Waals surface area contributed by atoms with Crippen LogP contribution < -0.4 is 5.32 Å². The van der Waals surface area contributed by atoms with Gasteiger partial charge in [0.1, 0.15) is 0 Å². The van der Waals surface area contributed by atoms with Gasteiger partial charge in [0, 0.05) is 12.6 Å². The van der Waals surface area contributed by atoms with Crippen LogP contribution in [0.1, 0.15) is 60.3 Å². The molecular formula is C20H27N5O. The Morgan fingerprint density at radius 1 is 1.15 bits per heavy atom. The van der Waals surface area contributed by atoms with Gasteiger partial charge in [-0.1, -0.05) is 36.4 Å². The standard InChI is InChI=1S/C20H27N5O/c1-2-15-3-5-16(6-4-15)13-24(17-7-8-17)20(26)19-14-25(23-22-19)18-9-11-21-12-10-18/h3-6,14,17-18,21H,2,7-13H2,1H3. The number of hydrogen-bond acceptors (Lipinski definition) is 4. The third-order valence-corrected chi connectivity index (χ3v) is 5.44. The first kappa shape index (κ1) is 17.2. The Balaban J connectivity index is 1.47. The van der Waals surface area contributed by atoms with E-state index >= 15 is 0 Å². The molecule has 1 aliphatic carbocycles. The zero-order valence-electron chi connectivity index (χ0n) is 15.4. The number of carbonyl (C=O) groups excluding carboxylic acids is 1. The minimum absolute atomic E-state index is 0.00672. The number of piperidine rings is 1. The van der Waals surface area contributed by atoms with Gasteiger partial charge >= 0.3 is 0 Å². The van der Waals surface area contributed by atoms with Crippen LogP contribution in [0.2, 0.25) is 0 Å². The normalized spacial score (nSPS) is 18.0. The monoisotopic (exact) mass is 353 g/mol. The molecule has 1 aromatic heterocycles. The first-order valence-corrected chi connectivity index (χ1v) is 9.76. The Kier molecular flexibility index (Phi) is 5.02. The van der Waals surface area contributed by atoms with E-state index in [2.05, 4.69) is 46.8 Å². The van der Waals surface area contributed by atoms with Crippen molar-refractivity contribution in [2.75, 3.05) is 13.1 Å². The summed E-state index contributed by atoms with van der Waals surface area (Å²) in [7, 11) is 0. The number of nitrogens with one attached hydrogen (secondary N) is 1. The molecule has 2 fully saturated rings. The van der Waals surface area contributed by atoms with Crippen molar-refractivity contribution in [2.45, 2.75) is 57.7 Å². The Labute approximate surface area is 154 Å². The van der Waals surface area contributed by atoms with E-state index < -0.39 is 0 Å². The van der Waals surface area contributed by atoms with Crippen LogP contribution in [0.3, 0.4) is 0 Å². The second-order valence-electron chi connectivity index (χ2n) is 7.40. The van der Waals surface area contributed by atoms with Crippen LogP contribution >= 0.6 is 0 Å². The zero-order chi connectivity index (χ0) is 17.9. The lowest BCUT2D eigenvalue weighted by atomic mass is 10.1. The van der Waals surface area contributed by atoms with Crippen molar-refractivity contribution in [1.29, 1.82) is 0 Å². The van der Waals surface area contributed by atoms with E-state index in [1.165, 1.54) is 11.1 Å². The van der Waals surface area contributed by atoms with Crippen LogP contribution in [-0.4, -0.2) is 44.9 Å². The van der Waals surface area contributed by atoms with E-state index in [1.54, 1.807) is 0 Å². The number of benzene rings is 1. The van der Waals surface area contributed by atoms with Crippen LogP contribution in [-0.2, 0) is 13.0 Å². The average Bonchev–Trinajstić information content (AvgIpc) is 3.42. The Morgan fingerprint density at radius 3 is 2.50 bits per heavy atom. The molecule has 0 radical (unpaired) electrons. The van der Waals surface area contributed by atoms with Crippen molar-refractivity contribution in [1.82, 2.24) is 25.2 Å². The minimum atomic E-state index is 0.00672. The second-order valence-corrected chi connectivity index (χ2v) is 7.40. The molecule has 1 aliphatic heterocycles. The molecule has 1 amide bonds. The molecule has 4 rings (SSSR count). The molecule has 2 aliphatic rings. The maximum absolute atomic E-state index is 13.0. The molecule has 2 heterocycles. The first-order chi connectivity index (χ1) is 12.7. The minimum Gasteiger partial charge on any atom is -0.330 e. The predicted octanol–water partition coefficient (Wildman–Crippen LogP) is 2.57. The Hall–Kier alpha value is -2.21. The highest BCUT2D eigenvalue weighted by Crippen LogP contribution is 2.30. The van der Waals surface area contributed by atoms with Gasteiger partial charge < -0.3 is 10.2 Å². The topological polar surface area (TPSA) is 63.1 Å². The molecular weight excluding hydrogens is 326 g/mol. The predicted molar refractivity (Wildman–Crippen MR) is 99.9 cm³/mol. The molecule has 1 aromatic carbocycles. The third kappa shape index (κ3) is 3.80. The summed E-state index contributed by atoms with van der Waals surface area (Å²) in [6, 6.07) is 9.26. The van der Waals surface area contributed by atoms with Crippen LogP contribution in [0.15, 0.2) is 30.5 Å². The lowest BCUT2D eigenvalue weighted by molar-refractivity contribution is 0.0723. The molecule has 0 bridgehead atoms. The summed E-state index contributed by atoms with van der Waals surface area (Å²) >= 11 is 0. The fourth-order valence-corrected chi connectivity index (χ4v) is 3.60. The van der Waals surface area contributed by atoms with Gasteiger partial charge in [-0.3, -0.25) is 4.79 Å². The molecule has 0 atom stereocenters. The molecule has 26 heavy (non-hydrogen) atoms. The maximum Gasteiger partial charge on any atom is 0.276 e. The van der Waals surface area contributed by atoms with E-state index in [4.69, 9.17) is 0 Å². The molecule has 0 unspecified atom stereocenters. The summed E-state index contributed by atoms with van der Waals surface area (Å²) in [6.07, 6.45) is 7.11. The van der Waals surface area contributed by atoms with Gasteiger partial charge in [0.25, 0.3) is 5.91 Å². The largest absolute Gasteiger partial charge is 0.330 e. The lowest BCUT2D eigenvalue weighted by Crippen LogP contribution is -2.33. The van der Waals surface area contributed by atoms with Crippen molar-refractivity contribution in [3.05, 3.63) is 47.3 Å². The number of rotatable bonds is 6. The molecule has 1 saturated heterocycles. The van der Waals surface area contributed by atoms with Crippen molar-refractivity contribution < 1.29 is 4.79 Å². The molecule has 2 aromatic rings. The number of aryl methyl sites for hydroxylation is 1. The van der Waals surface area contributed by atoms with Crippen molar-refractivity contribution in [3.63, 3.8) is 0 Å². The summed E-state index contributed by atoms with van der Waals surface area (Å²) in [4.78, 5) is 15.0. The Bertz CT molecular complexity index is 744. The van der Waals surface area contributed by atoms with Gasteiger partial charge in [0.15, 0.2) is 5.69 Å². The maximum atomic E-state index is 13.0. The smallest absolute Gasteiger partial charge is 0.276 e. The summed E-state index contributed by atoms with van der Waals surface area (Å²) in [6.45, 7) is 4.79. The molecule has 1 saturated carbocycles. The van der Waals surface area contributed by atoms with E-state index in [0.717, 1.165) is 45.2 Å². The molecule has 6 heteroatoms. The summed E-state index contributed by atoms with van der Waals surface area (Å²) in [5.41, 5.74) is 2.97. The molecule has 1 N–H and O–H groups in total. The quantitative estimate of drug-likeness (QED) is 0.867. The number of nitrogens with zero attached hydrogens (tertiary/aromatic N) is 4. The van der Waals surface area contributed by atoms with Gasteiger partial charge in [0.2, 0.25) is 0 Å².